The van der Waals surface area contributed by atoms with Crippen LogP contribution in [0.25, 0.3) is 11.1 Å². The van der Waals surface area contributed by atoms with Crippen LogP contribution in [-0.2, 0) is 4.79 Å². The van der Waals surface area contributed by atoms with Gasteiger partial charge in [-0.2, -0.15) is 0 Å². The summed E-state index contributed by atoms with van der Waals surface area (Å²) in [6.45, 7) is 5.88. The van der Waals surface area contributed by atoms with Crippen LogP contribution in [0.15, 0.2) is 42.5 Å². The fraction of sp³-hybridized carbons (Fsp3) is 0.250. The smallest absolute Gasteiger partial charge is 0.248 e. The second kappa shape index (κ2) is 6.89. The fourth-order valence-electron chi connectivity index (χ4n) is 2.79. The summed E-state index contributed by atoms with van der Waals surface area (Å²) in [7, 11) is 0. The molecular weight excluding hydrogens is 316 g/mol. The molecule has 5 heteroatoms. The third-order valence-electron chi connectivity index (χ3n) is 4.22. The number of nitrogens with two attached hydrogens (primary N) is 2. The second-order valence-corrected chi connectivity index (χ2v) is 7.09. The van der Waals surface area contributed by atoms with Crippen molar-refractivity contribution in [2.24, 2.45) is 16.9 Å². The van der Waals surface area contributed by atoms with E-state index in [1.165, 1.54) is 0 Å². The summed E-state index contributed by atoms with van der Waals surface area (Å²) in [4.78, 5) is 34.6. The maximum atomic E-state index is 11.8. The Morgan fingerprint density at radius 3 is 1.88 bits per heavy atom. The summed E-state index contributed by atoms with van der Waals surface area (Å²) in [6.07, 6.45) is 0.890. The quantitative estimate of drug-likeness (QED) is 0.819. The third kappa shape index (κ3) is 3.94. The molecule has 1 unspecified atom stereocenters. The van der Waals surface area contributed by atoms with Gasteiger partial charge >= 0.3 is 0 Å². The van der Waals surface area contributed by atoms with Crippen molar-refractivity contribution in [3.05, 3.63) is 59.2 Å². The standard InChI is InChI=1S/C20H22N2O3/c1-20(2,3)17(11-23)16-10-14(19(22)25)8-9-15(16)12-4-6-13(7-5-12)18(21)24/h4-11,17H,1-3H3,(H2,21,24)(H2,22,25). The Bertz CT molecular complexity index is 818. The van der Waals surface area contributed by atoms with Gasteiger partial charge in [-0.05, 0) is 46.4 Å². The zero-order valence-corrected chi connectivity index (χ0v) is 14.6. The van der Waals surface area contributed by atoms with Crippen LogP contribution in [0, 0.1) is 5.41 Å². The van der Waals surface area contributed by atoms with Gasteiger partial charge in [0.2, 0.25) is 11.8 Å². The van der Waals surface area contributed by atoms with E-state index in [0.717, 1.165) is 23.0 Å². The van der Waals surface area contributed by atoms with Crippen molar-refractivity contribution in [3.8, 4) is 11.1 Å². The van der Waals surface area contributed by atoms with E-state index in [-0.39, 0.29) is 5.41 Å². The summed E-state index contributed by atoms with van der Waals surface area (Å²) < 4.78 is 0. The molecule has 2 amide bonds. The highest BCUT2D eigenvalue weighted by Crippen LogP contribution is 2.39. The molecule has 0 saturated heterocycles. The van der Waals surface area contributed by atoms with Crippen molar-refractivity contribution in [2.75, 3.05) is 0 Å². The average molecular weight is 338 g/mol. The largest absolute Gasteiger partial charge is 0.366 e. The second-order valence-electron chi connectivity index (χ2n) is 7.09. The molecular formula is C20H22N2O3. The number of primary amides is 2. The number of aldehydes is 1. The molecule has 2 aromatic carbocycles. The minimum absolute atomic E-state index is 0.333. The van der Waals surface area contributed by atoms with Crippen LogP contribution in [0.2, 0.25) is 0 Å². The molecule has 0 radical (unpaired) electrons. The minimum Gasteiger partial charge on any atom is -0.366 e. The van der Waals surface area contributed by atoms with E-state index < -0.39 is 17.7 Å². The lowest BCUT2D eigenvalue weighted by Gasteiger charge is -2.28. The first-order valence-electron chi connectivity index (χ1n) is 7.94. The van der Waals surface area contributed by atoms with Crippen molar-refractivity contribution < 1.29 is 14.4 Å². The predicted molar refractivity (Wildman–Crippen MR) is 97.2 cm³/mol. The van der Waals surface area contributed by atoms with Crippen LogP contribution in [0.1, 0.15) is 53.0 Å². The van der Waals surface area contributed by atoms with Crippen molar-refractivity contribution in [2.45, 2.75) is 26.7 Å². The summed E-state index contributed by atoms with van der Waals surface area (Å²) in [5, 5.41) is 0. The first-order valence-corrected chi connectivity index (χ1v) is 7.94. The summed E-state index contributed by atoms with van der Waals surface area (Å²) in [6, 6.07) is 11.9. The zero-order chi connectivity index (χ0) is 18.8. The molecule has 0 bridgehead atoms. The number of benzene rings is 2. The number of amides is 2. The molecule has 2 aromatic rings. The molecule has 0 saturated carbocycles. The van der Waals surface area contributed by atoms with Crippen molar-refractivity contribution in [3.63, 3.8) is 0 Å². The molecule has 25 heavy (non-hydrogen) atoms. The van der Waals surface area contributed by atoms with E-state index in [0.29, 0.717) is 11.1 Å². The van der Waals surface area contributed by atoms with E-state index in [1.54, 1.807) is 42.5 Å². The van der Waals surface area contributed by atoms with Gasteiger partial charge in [0, 0.05) is 17.0 Å². The lowest BCUT2D eigenvalue weighted by Crippen LogP contribution is -2.21. The van der Waals surface area contributed by atoms with Crippen molar-refractivity contribution in [1.82, 2.24) is 0 Å². The first kappa shape index (κ1) is 18.4. The van der Waals surface area contributed by atoms with Crippen molar-refractivity contribution in [1.29, 1.82) is 0 Å². The number of carbonyl (C=O) groups excluding carboxylic acids is 3. The van der Waals surface area contributed by atoms with Gasteiger partial charge in [0.25, 0.3) is 0 Å². The molecule has 1 atom stereocenters. The Morgan fingerprint density at radius 2 is 1.44 bits per heavy atom. The molecule has 0 aliphatic carbocycles. The number of rotatable bonds is 5. The molecule has 130 valence electrons. The summed E-state index contributed by atoms with van der Waals surface area (Å²) >= 11 is 0. The Kier molecular flexibility index (Phi) is 5.07. The molecule has 0 aliphatic rings. The van der Waals surface area contributed by atoms with Gasteiger partial charge in [-0.25, -0.2) is 0 Å². The summed E-state index contributed by atoms with van der Waals surface area (Å²) in [5.74, 6) is -1.47. The Hall–Kier alpha value is -2.95. The van der Waals surface area contributed by atoms with Crippen molar-refractivity contribution >= 4 is 18.1 Å². The Labute approximate surface area is 147 Å². The van der Waals surface area contributed by atoms with Gasteiger partial charge < -0.3 is 16.3 Å². The zero-order valence-electron chi connectivity index (χ0n) is 14.6. The van der Waals surface area contributed by atoms with Crippen LogP contribution in [0.3, 0.4) is 0 Å². The van der Waals surface area contributed by atoms with E-state index in [4.69, 9.17) is 11.5 Å². The molecule has 5 nitrogen and oxygen atoms in total. The average Bonchev–Trinajstić information content (AvgIpc) is 2.54. The SMILES string of the molecule is CC(C)(C)C(C=O)c1cc(C(N)=O)ccc1-c1ccc(C(N)=O)cc1. The third-order valence-corrected chi connectivity index (χ3v) is 4.22. The van der Waals surface area contributed by atoms with Gasteiger partial charge in [0.15, 0.2) is 0 Å². The molecule has 0 aromatic heterocycles. The highest BCUT2D eigenvalue weighted by molar-refractivity contribution is 5.95. The molecule has 2 rings (SSSR count). The van der Waals surface area contributed by atoms with Gasteiger partial charge in [-0.1, -0.05) is 39.0 Å². The number of hydrogen-bond donors (Lipinski definition) is 2. The van der Waals surface area contributed by atoms with E-state index in [1.807, 2.05) is 20.8 Å². The van der Waals surface area contributed by atoms with E-state index >= 15 is 0 Å². The first-order chi connectivity index (χ1) is 11.6. The summed E-state index contributed by atoms with van der Waals surface area (Å²) in [5.41, 5.74) is 13.5. The predicted octanol–water partition coefficient (Wildman–Crippen LogP) is 2.88. The molecule has 4 N–H and O–H groups in total. The topological polar surface area (TPSA) is 103 Å². The van der Waals surface area contributed by atoms with Gasteiger partial charge in [-0.15, -0.1) is 0 Å². The maximum Gasteiger partial charge on any atom is 0.248 e. The van der Waals surface area contributed by atoms with Gasteiger partial charge in [-0.3, -0.25) is 9.59 Å². The monoisotopic (exact) mass is 338 g/mol. The van der Waals surface area contributed by atoms with E-state index in [2.05, 4.69) is 0 Å². The van der Waals surface area contributed by atoms with Gasteiger partial charge in [0.05, 0.1) is 0 Å². The highest BCUT2D eigenvalue weighted by atomic mass is 16.1. The van der Waals surface area contributed by atoms with Crippen LogP contribution < -0.4 is 11.5 Å². The lowest BCUT2D eigenvalue weighted by atomic mass is 9.74. The number of carbonyl (C=O) groups is 3. The molecule has 0 aliphatic heterocycles. The van der Waals surface area contributed by atoms with Crippen LogP contribution in [0.4, 0.5) is 0 Å². The van der Waals surface area contributed by atoms with Crippen LogP contribution >= 0.6 is 0 Å². The fourth-order valence-corrected chi connectivity index (χ4v) is 2.79. The van der Waals surface area contributed by atoms with Gasteiger partial charge in [0.1, 0.15) is 6.29 Å². The number of hydrogen-bond acceptors (Lipinski definition) is 3. The van der Waals surface area contributed by atoms with Crippen LogP contribution in [0.5, 0.6) is 0 Å². The lowest BCUT2D eigenvalue weighted by molar-refractivity contribution is -0.111. The molecule has 0 spiro atoms. The maximum absolute atomic E-state index is 11.8. The van der Waals surface area contributed by atoms with Crippen LogP contribution in [-0.4, -0.2) is 18.1 Å². The Morgan fingerprint density at radius 1 is 0.920 bits per heavy atom. The van der Waals surface area contributed by atoms with E-state index in [9.17, 15) is 14.4 Å². The normalized spacial score (nSPS) is 12.4. The minimum atomic E-state index is -0.546. The Balaban J connectivity index is 2.66. The molecule has 0 heterocycles. The molecule has 0 fully saturated rings. The highest BCUT2D eigenvalue weighted by Gasteiger charge is 2.28.